The second-order valence-corrected chi connectivity index (χ2v) is 9.45. The van der Waals surface area contributed by atoms with Crippen molar-refractivity contribution >= 4 is 27.5 Å². The Bertz CT molecular complexity index is 1100. The molecule has 7 heteroatoms. The molecule has 5 nitrogen and oxygen atoms in total. The average molecular weight is 427 g/mol. The molecule has 29 heavy (non-hydrogen) atoms. The van der Waals surface area contributed by atoms with Crippen LogP contribution in [0.4, 0.5) is 5.69 Å². The molecule has 150 valence electrons. The number of hydrogen-bond donors (Lipinski definition) is 1. The van der Waals surface area contributed by atoms with Crippen molar-refractivity contribution in [1.29, 1.82) is 0 Å². The summed E-state index contributed by atoms with van der Waals surface area (Å²) < 4.78 is 33.7. The van der Waals surface area contributed by atoms with E-state index in [0.717, 1.165) is 21.8 Å². The highest BCUT2D eigenvalue weighted by Crippen LogP contribution is 2.39. The standard InChI is InChI=1S/C22H22N2O3S2/c1-27-18-11-7-16(8-12-18)15-24-22(17-9-13-19(28-2)14-10-17)23-20-5-3-4-6-21(20)29(24,25)26/h3-14,22-23H,15H2,1-2H3. The van der Waals surface area contributed by atoms with Crippen molar-refractivity contribution in [2.75, 3.05) is 18.7 Å². The fraction of sp³-hybridized carbons (Fsp3) is 0.182. The SMILES string of the molecule is COc1ccc(CN2C(c3ccc(SC)cc3)Nc3ccccc3S2(=O)=O)cc1. The number of nitrogens with one attached hydrogen (secondary N) is 1. The molecule has 0 saturated heterocycles. The highest BCUT2D eigenvalue weighted by Gasteiger charge is 2.38. The molecule has 1 aliphatic rings. The maximum atomic E-state index is 13.5. The van der Waals surface area contributed by atoms with Crippen LogP contribution in [0.2, 0.25) is 0 Å². The highest BCUT2D eigenvalue weighted by molar-refractivity contribution is 7.98. The van der Waals surface area contributed by atoms with Crippen LogP contribution in [0.15, 0.2) is 82.6 Å². The lowest BCUT2D eigenvalue weighted by Gasteiger charge is -2.37. The van der Waals surface area contributed by atoms with E-state index in [1.54, 1.807) is 37.1 Å². The first-order valence-corrected chi connectivity index (χ1v) is 11.8. The first-order valence-electron chi connectivity index (χ1n) is 9.17. The van der Waals surface area contributed by atoms with Gasteiger partial charge in [0.2, 0.25) is 10.0 Å². The topological polar surface area (TPSA) is 58.6 Å². The molecule has 1 aliphatic heterocycles. The van der Waals surface area contributed by atoms with Crippen LogP contribution in [0.5, 0.6) is 5.75 Å². The van der Waals surface area contributed by atoms with Crippen molar-refractivity contribution in [2.24, 2.45) is 0 Å². The smallest absolute Gasteiger partial charge is 0.247 e. The van der Waals surface area contributed by atoms with Gasteiger partial charge in [0, 0.05) is 11.4 Å². The van der Waals surface area contributed by atoms with E-state index in [1.807, 2.05) is 60.9 Å². The number of methoxy groups -OCH3 is 1. The molecule has 1 atom stereocenters. The summed E-state index contributed by atoms with van der Waals surface area (Å²) in [5.41, 5.74) is 2.41. The minimum absolute atomic E-state index is 0.253. The van der Waals surface area contributed by atoms with Crippen LogP contribution < -0.4 is 10.1 Å². The molecular formula is C22H22N2O3S2. The van der Waals surface area contributed by atoms with Gasteiger partial charge in [-0.2, -0.15) is 4.31 Å². The lowest BCUT2D eigenvalue weighted by atomic mass is 10.1. The Balaban J connectivity index is 1.77. The maximum Gasteiger partial charge on any atom is 0.247 e. The van der Waals surface area contributed by atoms with E-state index in [2.05, 4.69) is 5.32 Å². The zero-order chi connectivity index (χ0) is 20.4. The molecule has 0 aliphatic carbocycles. The Labute approximate surface area is 175 Å². The Kier molecular flexibility index (Phi) is 5.54. The monoisotopic (exact) mass is 426 g/mol. The molecule has 0 amide bonds. The van der Waals surface area contributed by atoms with E-state index in [1.165, 1.54) is 4.31 Å². The summed E-state index contributed by atoms with van der Waals surface area (Å²) in [4.78, 5) is 1.43. The molecule has 4 rings (SSSR count). The Morgan fingerprint density at radius 1 is 1.00 bits per heavy atom. The molecule has 0 saturated carbocycles. The van der Waals surface area contributed by atoms with Gasteiger partial charge in [-0.25, -0.2) is 8.42 Å². The van der Waals surface area contributed by atoms with E-state index >= 15 is 0 Å². The summed E-state index contributed by atoms with van der Waals surface area (Å²) >= 11 is 1.66. The summed E-state index contributed by atoms with van der Waals surface area (Å²) in [5.74, 6) is 0.739. The van der Waals surface area contributed by atoms with Gasteiger partial charge in [-0.05, 0) is 53.8 Å². The van der Waals surface area contributed by atoms with Gasteiger partial charge in [0.25, 0.3) is 0 Å². The van der Waals surface area contributed by atoms with Crippen LogP contribution >= 0.6 is 11.8 Å². The van der Waals surface area contributed by atoms with Gasteiger partial charge in [0.15, 0.2) is 0 Å². The van der Waals surface area contributed by atoms with Crippen molar-refractivity contribution in [3.63, 3.8) is 0 Å². The Morgan fingerprint density at radius 2 is 1.69 bits per heavy atom. The summed E-state index contributed by atoms with van der Waals surface area (Å²) in [7, 11) is -2.07. The predicted molar refractivity (Wildman–Crippen MR) is 117 cm³/mol. The molecule has 1 N–H and O–H groups in total. The molecule has 0 spiro atoms. The number of sulfonamides is 1. The van der Waals surface area contributed by atoms with Gasteiger partial charge < -0.3 is 10.1 Å². The lowest BCUT2D eigenvalue weighted by molar-refractivity contribution is 0.336. The number of anilines is 1. The van der Waals surface area contributed by atoms with Crippen LogP contribution in [0, 0.1) is 0 Å². The molecular weight excluding hydrogens is 404 g/mol. The summed E-state index contributed by atoms with van der Waals surface area (Å²) in [6.07, 6.45) is 1.53. The predicted octanol–water partition coefficient (Wildman–Crippen LogP) is 4.73. The second kappa shape index (κ2) is 8.10. The third kappa shape index (κ3) is 3.85. The lowest BCUT2D eigenvalue weighted by Crippen LogP contribution is -2.42. The second-order valence-electron chi connectivity index (χ2n) is 6.71. The first-order chi connectivity index (χ1) is 14.0. The summed E-state index contributed by atoms with van der Waals surface area (Å²) in [5, 5.41) is 3.41. The van der Waals surface area contributed by atoms with Crippen molar-refractivity contribution in [3.8, 4) is 5.75 Å². The number of ether oxygens (including phenoxy) is 1. The third-order valence-electron chi connectivity index (χ3n) is 4.98. The van der Waals surface area contributed by atoms with Gasteiger partial charge in [0.1, 0.15) is 16.8 Å². The van der Waals surface area contributed by atoms with Gasteiger partial charge in [-0.15, -0.1) is 11.8 Å². The molecule has 0 fully saturated rings. The Morgan fingerprint density at radius 3 is 2.34 bits per heavy atom. The van der Waals surface area contributed by atoms with E-state index < -0.39 is 16.2 Å². The summed E-state index contributed by atoms with van der Waals surface area (Å²) in [6, 6.07) is 22.5. The average Bonchev–Trinajstić information content (AvgIpc) is 2.76. The van der Waals surface area contributed by atoms with E-state index in [9.17, 15) is 8.42 Å². The highest BCUT2D eigenvalue weighted by atomic mass is 32.2. The fourth-order valence-electron chi connectivity index (χ4n) is 3.42. The van der Waals surface area contributed by atoms with Crippen molar-refractivity contribution < 1.29 is 13.2 Å². The number of para-hydroxylation sites is 1. The van der Waals surface area contributed by atoms with Crippen molar-refractivity contribution in [2.45, 2.75) is 22.5 Å². The summed E-state index contributed by atoms with van der Waals surface area (Å²) in [6.45, 7) is 0.253. The number of rotatable bonds is 5. The Hall–Kier alpha value is -2.48. The minimum Gasteiger partial charge on any atom is -0.497 e. The molecule has 3 aromatic carbocycles. The number of benzene rings is 3. The van der Waals surface area contributed by atoms with E-state index in [-0.39, 0.29) is 6.54 Å². The van der Waals surface area contributed by atoms with Crippen molar-refractivity contribution in [3.05, 3.63) is 83.9 Å². The maximum absolute atomic E-state index is 13.5. The van der Waals surface area contributed by atoms with E-state index in [4.69, 9.17) is 4.74 Å². The zero-order valence-corrected chi connectivity index (χ0v) is 17.8. The van der Waals surface area contributed by atoms with Crippen molar-refractivity contribution in [1.82, 2.24) is 4.31 Å². The first kappa shape index (κ1) is 19.8. The van der Waals surface area contributed by atoms with Gasteiger partial charge in [0.05, 0.1) is 12.8 Å². The normalized spacial score (nSPS) is 17.9. The molecule has 0 radical (unpaired) electrons. The molecule has 0 aromatic heterocycles. The number of hydrogen-bond acceptors (Lipinski definition) is 5. The third-order valence-corrected chi connectivity index (χ3v) is 7.60. The number of nitrogens with zero attached hydrogens (tertiary/aromatic N) is 1. The van der Waals surface area contributed by atoms with Crippen LogP contribution in [0.1, 0.15) is 17.3 Å². The molecule has 0 bridgehead atoms. The number of fused-ring (bicyclic) bond motifs is 1. The van der Waals surface area contributed by atoms with Crippen LogP contribution in [0.25, 0.3) is 0 Å². The molecule has 1 heterocycles. The largest absolute Gasteiger partial charge is 0.497 e. The van der Waals surface area contributed by atoms with E-state index in [0.29, 0.717) is 10.6 Å². The van der Waals surface area contributed by atoms with Crippen LogP contribution in [-0.2, 0) is 16.6 Å². The van der Waals surface area contributed by atoms with Crippen LogP contribution in [-0.4, -0.2) is 26.1 Å². The number of thioether (sulfide) groups is 1. The van der Waals surface area contributed by atoms with Gasteiger partial charge in [-0.1, -0.05) is 36.4 Å². The molecule has 1 unspecified atom stereocenters. The minimum atomic E-state index is -3.68. The molecule has 3 aromatic rings. The fourth-order valence-corrected chi connectivity index (χ4v) is 5.51. The van der Waals surface area contributed by atoms with Gasteiger partial charge >= 0.3 is 0 Å². The van der Waals surface area contributed by atoms with Crippen LogP contribution in [0.3, 0.4) is 0 Å². The zero-order valence-electron chi connectivity index (χ0n) is 16.2. The quantitative estimate of drug-likeness (QED) is 0.598. The van der Waals surface area contributed by atoms with Gasteiger partial charge in [-0.3, -0.25) is 0 Å².